The summed E-state index contributed by atoms with van der Waals surface area (Å²) in [5.41, 5.74) is 4.62. The Morgan fingerprint density at radius 1 is 1.00 bits per heavy atom. The number of piperidine rings is 1. The standard InChI is InChI=1S/C26H37N5O2/c1-20-18-24-23(19-33-20)26(27-10-5-11-30-14-16-32-17-15-30)29-25(28-24)21-6-8-22(9-7-21)31-12-3-2-4-13-31/h6-9,20H,2-5,10-19H2,1H3,(H,27,28,29). The number of rotatable bonds is 7. The van der Waals surface area contributed by atoms with Crippen molar-refractivity contribution in [3.63, 3.8) is 0 Å². The van der Waals surface area contributed by atoms with Crippen LogP contribution in [0.3, 0.4) is 0 Å². The predicted molar refractivity (Wildman–Crippen MR) is 132 cm³/mol. The minimum atomic E-state index is 0.191. The molecule has 0 aliphatic carbocycles. The first kappa shape index (κ1) is 22.6. The lowest BCUT2D eigenvalue weighted by Crippen LogP contribution is -2.37. The number of fused-ring (bicyclic) bond motifs is 1. The number of hydrogen-bond acceptors (Lipinski definition) is 7. The molecule has 3 aliphatic rings. The third kappa shape index (κ3) is 5.65. The number of aromatic nitrogens is 2. The zero-order valence-electron chi connectivity index (χ0n) is 19.9. The number of benzene rings is 1. The Morgan fingerprint density at radius 2 is 1.79 bits per heavy atom. The van der Waals surface area contributed by atoms with E-state index in [1.54, 1.807) is 0 Å². The predicted octanol–water partition coefficient (Wildman–Crippen LogP) is 3.73. The quantitative estimate of drug-likeness (QED) is 0.644. The highest BCUT2D eigenvalue weighted by Crippen LogP contribution is 2.29. The van der Waals surface area contributed by atoms with Gasteiger partial charge in [-0.25, -0.2) is 9.97 Å². The molecule has 1 unspecified atom stereocenters. The van der Waals surface area contributed by atoms with E-state index in [1.807, 2.05) is 0 Å². The second-order valence-electron chi connectivity index (χ2n) is 9.48. The van der Waals surface area contributed by atoms with Crippen LogP contribution in [0.2, 0.25) is 0 Å². The van der Waals surface area contributed by atoms with E-state index in [9.17, 15) is 0 Å². The molecule has 7 heteroatoms. The summed E-state index contributed by atoms with van der Waals surface area (Å²) >= 11 is 0. The summed E-state index contributed by atoms with van der Waals surface area (Å²) in [4.78, 5) is 14.9. The first-order valence-electron chi connectivity index (χ1n) is 12.7. The molecule has 3 aliphatic heterocycles. The van der Waals surface area contributed by atoms with E-state index in [-0.39, 0.29) is 6.10 Å². The highest BCUT2D eigenvalue weighted by Gasteiger charge is 2.23. The maximum atomic E-state index is 5.93. The van der Waals surface area contributed by atoms with Gasteiger partial charge in [-0.15, -0.1) is 0 Å². The lowest BCUT2D eigenvalue weighted by Gasteiger charge is -2.29. The van der Waals surface area contributed by atoms with Crippen LogP contribution in [0, 0.1) is 0 Å². The molecular formula is C26H37N5O2. The normalized spacial score (nSPS) is 21.6. The van der Waals surface area contributed by atoms with Gasteiger partial charge in [0.2, 0.25) is 0 Å². The van der Waals surface area contributed by atoms with E-state index in [4.69, 9.17) is 19.4 Å². The summed E-state index contributed by atoms with van der Waals surface area (Å²) in [5.74, 6) is 1.74. The van der Waals surface area contributed by atoms with Crippen LogP contribution in [0.5, 0.6) is 0 Å². The second-order valence-corrected chi connectivity index (χ2v) is 9.48. The lowest BCUT2D eigenvalue weighted by molar-refractivity contribution is 0.0377. The van der Waals surface area contributed by atoms with E-state index in [0.29, 0.717) is 6.61 Å². The number of ether oxygens (including phenoxy) is 2. The molecule has 7 nitrogen and oxygen atoms in total. The summed E-state index contributed by atoms with van der Waals surface area (Å²) in [6.07, 6.45) is 6.03. The van der Waals surface area contributed by atoms with E-state index in [0.717, 1.165) is 93.8 Å². The van der Waals surface area contributed by atoms with Gasteiger partial charge in [0.15, 0.2) is 5.82 Å². The van der Waals surface area contributed by atoms with E-state index in [2.05, 4.69) is 46.3 Å². The largest absolute Gasteiger partial charge is 0.379 e. The average Bonchev–Trinajstić information content (AvgIpc) is 2.87. The first-order chi connectivity index (χ1) is 16.3. The van der Waals surface area contributed by atoms with Crippen molar-refractivity contribution in [2.45, 2.75) is 51.7 Å². The highest BCUT2D eigenvalue weighted by atomic mass is 16.5. The molecule has 2 fully saturated rings. The van der Waals surface area contributed by atoms with Gasteiger partial charge in [0, 0.05) is 56.0 Å². The van der Waals surface area contributed by atoms with Crippen LogP contribution in [-0.4, -0.2) is 73.5 Å². The molecular weight excluding hydrogens is 414 g/mol. The van der Waals surface area contributed by atoms with Crippen molar-refractivity contribution >= 4 is 11.5 Å². The zero-order valence-corrected chi connectivity index (χ0v) is 19.9. The van der Waals surface area contributed by atoms with Crippen LogP contribution in [0.15, 0.2) is 24.3 Å². The molecule has 0 spiro atoms. The topological polar surface area (TPSA) is 62.8 Å². The molecule has 1 aromatic carbocycles. The lowest BCUT2D eigenvalue weighted by atomic mass is 10.0. The second kappa shape index (κ2) is 10.8. The van der Waals surface area contributed by atoms with Crippen molar-refractivity contribution in [2.75, 3.05) is 62.7 Å². The van der Waals surface area contributed by atoms with Crippen molar-refractivity contribution in [3.8, 4) is 11.4 Å². The molecule has 33 heavy (non-hydrogen) atoms. The molecule has 1 atom stereocenters. The van der Waals surface area contributed by atoms with Gasteiger partial charge in [-0.2, -0.15) is 0 Å². The summed E-state index contributed by atoms with van der Waals surface area (Å²) < 4.78 is 11.4. The number of nitrogens with zero attached hydrogens (tertiary/aromatic N) is 4. The van der Waals surface area contributed by atoms with Crippen LogP contribution in [0.25, 0.3) is 11.4 Å². The molecule has 0 radical (unpaired) electrons. The van der Waals surface area contributed by atoms with Gasteiger partial charge in [0.05, 0.1) is 31.6 Å². The molecule has 1 N–H and O–H groups in total. The van der Waals surface area contributed by atoms with Gasteiger partial charge in [0.1, 0.15) is 5.82 Å². The smallest absolute Gasteiger partial charge is 0.161 e. The first-order valence-corrected chi connectivity index (χ1v) is 12.7. The molecule has 0 saturated carbocycles. The molecule has 0 bridgehead atoms. The SMILES string of the molecule is CC1Cc2nc(-c3ccc(N4CCCCC4)cc3)nc(NCCCN3CCOCC3)c2CO1. The van der Waals surface area contributed by atoms with Crippen LogP contribution >= 0.6 is 0 Å². The van der Waals surface area contributed by atoms with Crippen LogP contribution in [-0.2, 0) is 22.5 Å². The van der Waals surface area contributed by atoms with E-state index in [1.165, 1.54) is 24.9 Å². The summed E-state index contributed by atoms with van der Waals surface area (Å²) in [6, 6.07) is 8.81. The van der Waals surface area contributed by atoms with Crippen molar-refractivity contribution in [3.05, 3.63) is 35.5 Å². The van der Waals surface area contributed by atoms with E-state index < -0.39 is 0 Å². The minimum absolute atomic E-state index is 0.191. The number of nitrogens with one attached hydrogen (secondary N) is 1. The minimum Gasteiger partial charge on any atom is -0.379 e. The monoisotopic (exact) mass is 451 g/mol. The maximum absolute atomic E-state index is 5.93. The van der Waals surface area contributed by atoms with Gasteiger partial charge in [-0.05, 0) is 63.4 Å². The Morgan fingerprint density at radius 3 is 2.58 bits per heavy atom. The Hall–Kier alpha value is -2.22. The molecule has 0 amide bonds. The zero-order chi connectivity index (χ0) is 22.5. The summed E-state index contributed by atoms with van der Waals surface area (Å²) in [5, 5.41) is 3.60. The molecule has 1 aromatic heterocycles. The molecule has 2 aromatic rings. The van der Waals surface area contributed by atoms with Gasteiger partial charge in [0.25, 0.3) is 0 Å². The van der Waals surface area contributed by atoms with Crippen molar-refractivity contribution in [1.29, 1.82) is 0 Å². The fraction of sp³-hybridized carbons (Fsp3) is 0.615. The Labute approximate surface area is 197 Å². The van der Waals surface area contributed by atoms with Crippen molar-refractivity contribution < 1.29 is 9.47 Å². The Bertz CT molecular complexity index is 908. The number of anilines is 2. The third-order valence-electron chi connectivity index (χ3n) is 6.98. The van der Waals surface area contributed by atoms with Crippen LogP contribution in [0.1, 0.15) is 43.9 Å². The van der Waals surface area contributed by atoms with Gasteiger partial charge in [-0.3, -0.25) is 4.90 Å². The number of hydrogen-bond donors (Lipinski definition) is 1. The third-order valence-corrected chi connectivity index (χ3v) is 6.98. The summed E-state index contributed by atoms with van der Waals surface area (Å²) in [6.45, 7) is 10.8. The van der Waals surface area contributed by atoms with Crippen molar-refractivity contribution in [1.82, 2.24) is 14.9 Å². The van der Waals surface area contributed by atoms with Gasteiger partial charge < -0.3 is 19.7 Å². The molecule has 4 heterocycles. The maximum Gasteiger partial charge on any atom is 0.161 e. The average molecular weight is 452 g/mol. The molecule has 5 rings (SSSR count). The van der Waals surface area contributed by atoms with Crippen molar-refractivity contribution in [2.24, 2.45) is 0 Å². The summed E-state index contributed by atoms with van der Waals surface area (Å²) in [7, 11) is 0. The molecule has 2 saturated heterocycles. The van der Waals surface area contributed by atoms with E-state index >= 15 is 0 Å². The Balaban J connectivity index is 1.30. The van der Waals surface area contributed by atoms with Gasteiger partial charge >= 0.3 is 0 Å². The fourth-order valence-corrected chi connectivity index (χ4v) is 4.99. The molecule has 178 valence electrons. The highest BCUT2D eigenvalue weighted by molar-refractivity contribution is 5.63. The van der Waals surface area contributed by atoms with Crippen LogP contribution in [0.4, 0.5) is 11.5 Å². The Kier molecular flexibility index (Phi) is 7.39. The number of morpholine rings is 1. The van der Waals surface area contributed by atoms with Crippen LogP contribution < -0.4 is 10.2 Å². The fourth-order valence-electron chi connectivity index (χ4n) is 4.99. The van der Waals surface area contributed by atoms with Gasteiger partial charge in [-0.1, -0.05) is 0 Å².